The van der Waals surface area contributed by atoms with Gasteiger partial charge in [0.15, 0.2) is 0 Å². The summed E-state index contributed by atoms with van der Waals surface area (Å²) in [6.45, 7) is 14.4. The lowest BCUT2D eigenvalue weighted by atomic mass is 9.89. The summed E-state index contributed by atoms with van der Waals surface area (Å²) in [6, 6.07) is 0. The quantitative estimate of drug-likeness (QED) is 0.0931. The highest BCUT2D eigenvalue weighted by Gasteiger charge is 2.13. The van der Waals surface area contributed by atoms with Crippen molar-refractivity contribution in [1.82, 2.24) is 0 Å². The zero-order valence-corrected chi connectivity index (χ0v) is 25.4. The lowest BCUT2D eigenvalue weighted by molar-refractivity contribution is 0.190. The molecule has 35 heavy (non-hydrogen) atoms. The van der Waals surface area contributed by atoms with Gasteiger partial charge in [0.25, 0.3) is 0 Å². The van der Waals surface area contributed by atoms with Gasteiger partial charge in [-0.25, -0.2) is 4.57 Å². The van der Waals surface area contributed by atoms with Crippen molar-refractivity contribution < 1.29 is 18.9 Å². The third-order valence-corrected chi connectivity index (χ3v) is 8.50. The van der Waals surface area contributed by atoms with E-state index in [-0.39, 0.29) is 6.61 Å². The molecule has 5 unspecified atom stereocenters. The molecule has 5 atom stereocenters. The van der Waals surface area contributed by atoms with Crippen LogP contribution >= 0.6 is 7.82 Å². The predicted octanol–water partition coefficient (Wildman–Crippen LogP) is 10.3. The van der Waals surface area contributed by atoms with Crippen LogP contribution in [0, 0.1) is 29.6 Å². The van der Waals surface area contributed by atoms with Crippen LogP contribution < -0.4 is 0 Å². The zero-order chi connectivity index (χ0) is 26.5. The molecule has 0 aliphatic rings. The Labute approximate surface area is 220 Å². The SMILES string of the molecule is CCCCCC(C)CCCC(C)CCCC(C)CCCC(C)CCCC(C)CCCOP(=O)(O)O. The minimum atomic E-state index is -4.30. The molecule has 0 amide bonds. The maximum Gasteiger partial charge on any atom is 0.469 e. The molecular weight excluding hydrogens is 455 g/mol. The van der Waals surface area contributed by atoms with E-state index >= 15 is 0 Å². The second-order valence-electron chi connectivity index (χ2n) is 12.2. The first-order valence-corrected chi connectivity index (χ1v) is 16.8. The summed E-state index contributed by atoms with van der Waals surface area (Å²) in [4.78, 5) is 17.4. The molecule has 0 radical (unpaired) electrons. The summed E-state index contributed by atoms with van der Waals surface area (Å²) in [6.07, 6.45) is 23.6. The second kappa shape index (κ2) is 22.1. The summed E-state index contributed by atoms with van der Waals surface area (Å²) in [5, 5.41) is 0. The van der Waals surface area contributed by atoms with Crippen molar-refractivity contribution in [1.29, 1.82) is 0 Å². The maximum atomic E-state index is 10.7. The van der Waals surface area contributed by atoms with E-state index in [1.807, 2.05) is 0 Å². The topological polar surface area (TPSA) is 66.8 Å². The molecule has 0 heterocycles. The lowest BCUT2D eigenvalue weighted by Crippen LogP contribution is -2.03. The molecule has 0 aliphatic heterocycles. The molecule has 0 spiro atoms. The molecule has 0 saturated heterocycles. The molecule has 0 fully saturated rings. The van der Waals surface area contributed by atoms with Crippen molar-refractivity contribution in [3.63, 3.8) is 0 Å². The van der Waals surface area contributed by atoms with E-state index in [0.29, 0.717) is 5.92 Å². The molecule has 0 aromatic heterocycles. The van der Waals surface area contributed by atoms with Gasteiger partial charge in [-0.3, -0.25) is 4.52 Å². The zero-order valence-electron chi connectivity index (χ0n) is 24.5. The van der Waals surface area contributed by atoms with E-state index in [9.17, 15) is 4.57 Å². The van der Waals surface area contributed by atoms with Crippen molar-refractivity contribution in [2.24, 2.45) is 29.6 Å². The molecule has 0 aromatic rings. The molecule has 212 valence electrons. The standard InChI is InChI=1S/C30H63O4P/c1-7-8-9-15-26(2)16-10-17-27(3)18-11-19-28(4)20-12-21-29(5)22-13-23-30(6)24-14-25-34-35(31,32)33/h26-30H,7-25H2,1-6H3,(H2,31,32,33). The van der Waals surface area contributed by atoms with Crippen LogP contribution in [0.2, 0.25) is 0 Å². The summed E-state index contributed by atoms with van der Waals surface area (Å²) in [5.74, 6) is 4.08. The molecule has 5 heteroatoms. The molecule has 0 bridgehead atoms. The summed E-state index contributed by atoms with van der Waals surface area (Å²) in [7, 11) is -4.30. The predicted molar refractivity (Wildman–Crippen MR) is 153 cm³/mol. The van der Waals surface area contributed by atoms with Crippen LogP contribution in [-0.4, -0.2) is 16.4 Å². The number of unbranched alkanes of at least 4 members (excludes halogenated alkanes) is 2. The molecular formula is C30H63O4P. The third kappa shape index (κ3) is 25.5. The Morgan fingerprint density at radius 3 is 1.09 bits per heavy atom. The number of hydrogen-bond donors (Lipinski definition) is 2. The van der Waals surface area contributed by atoms with Gasteiger partial charge in [-0.2, -0.15) is 0 Å². The number of rotatable bonds is 25. The largest absolute Gasteiger partial charge is 0.469 e. The molecule has 0 aromatic carbocycles. The first-order valence-electron chi connectivity index (χ1n) is 15.2. The van der Waals surface area contributed by atoms with E-state index in [0.717, 1.165) is 36.5 Å². The van der Waals surface area contributed by atoms with Gasteiger partial charge in [-0.1, -0.05) is 144 Å². The minimum Gasteiger partial charge on any atom is -0.303 e. The fourth-order valence-electron chi connectivity index (χ4n) is 5.34. The van der Waals surface area contributed by atoms with Crippen molar-refractivity contribution in [3.8, 4) is 0 Å². The Balaban J connectivity index is 3.63. The summed E-state index contributed by atoms with van der Waals surface area (Å²) < 4.78 is 15.2. The van der Waals surface area contributed by atoms with E-state index in [4.69, 9.17) is 9.79 Å². The van der Waals surface area contributed by atoms with Crippen molar-refractivity contribution in [3.05, 3.63) is 0 Å². The number of phosphoric ester groups is 1. The molecule has 0 aliphatic carbocycles. The molecule has 2 N–H and O–H groups in total. The summed E-state index contributed by atoms with van der Waals surface area (Å²) >= 11 is 0. The molecule has 0 saturated carbocycles. The van der Waals surface area contributed by atoms with Crippen molar-refractivity contribution in [2.75, 3.05) is 6.61 Å². The Morgan fingerprint density at radius 2 is 0.800 bits per heavy atom. The van der Waals surface area contributed by atoms with E-state index < -0.39 is 7.82 Å². The normalized spacial score (nSPS) is 16.7. The molecule has 4 nitrogen and oxygen atoms in total. The first kappa shape index (κ1) is 35.1. The highest BCUT2D eigenvalue weighted by atomic mass is 31.2. The van der Waals surface area contributed by atoms with Gasteiger partial charge in [0, 0.05) is 0 Å². The van der Waals surface area contributed by atoms with Crippen LogP contribution in [0.3, 0.4) is 0 Å². The van der Waals surface area contributed by atoms with Crippen LogP contribution in [0.1, 0.15) is 157 Å². The average Bonchev–Trinajstić information content (AvgIpc) is 2.76. The van der Waals surface area contributed by atoms with Crippen LogP contribution in [0.15, 0.2) is 0 Å². The smallest absolute Gasteiger partial charge is 0.303 e. The Hall–Kier alpha value is 0.110. The monoisotopic (exact) mass is 518 g/mol. The number of hydrogen-bond acceptors (Lipinski definition) is 2. The van der Waals surface area contributed by atoms with Gasteiger partial charge in [0.05, 0.1) is 6.61 Å². The van der Waals surface area contributed by atoms with Gasteiger partial charge < -0.3 is 9.79 Å². The summed E-state index contributed by atoms with van der Waals surface area (Å²) in [5.41, 5.74) is 0. The van der Waals surface area contributed by atoms with Gasteiger partial charge in [0.1, 0.15) is 0 Å². The Morgan fingerprint density at radius 1 is 0.514 bits per heavy atom. The number of phosphoric acid groups is 1. The van der Waals surface area contributed by atoms with Crippen LogP contribution in [0.25, 0.3) is 0 Å². The molecule has 0 rings (SSSR count). The van der Waals surface area contributed by atoms with E-state index in [1.54, 1.807) is 0 Å². The maximum absolute atomic E-state index is 10.7. The van der Waals surface area contributed by atoms with Gasteiger partial charge in [-0.15, -0.1) is 0 Å². The van der Waals surface area contributed by atoms with Crippen LogP contribution in [0.5, 0.6) is 0 Å². The van der Waals surface area contributed by atoms with Crippen molar-refractivity contribution >= 4 is 7.82 Å². The fourth-order valence-corrected chi connectivity index (χ4v) is 5.71. The van der Waals surface area contributed by atoms with Crippen LogP contribution in [0.4, 0.5) is 0 Å². The van der Waals surface area contributed by atoms with Gasteiger partial charge >= 0.3 is 7.82 Å². The average molecular weight is 519 g/mol. The van der Waals surface area contributed by atoms with E-state index in [2.05, 4.69) is 46.1 Å². The minimum absolute atomic E-state index is 0.153. The van der Waals surface area contributed by atoms with Gasteiger partial charge in [0.2, 0.25) is 0 Å². The van der Waals surface area contributed by atoms with Gasteiger partial charge in [-0.05, 0) is 42.4 Å². The highest BCUT2D eigenvalue weighted by Crippen LogP contribution is 2.36. The van der Waals surface area contributed by atoms with Crippen molar-refractivity contribution in [2.45, 2.75) is 157 Å². The van der Waals surface area contributed by atoms with E-state index in [1.165, 1.54) is 103 Å². The second-order valence-corrected chi connectivity index (χ2v) is 13.5. The first-order chi connectivity index (χ1) is 16.5. The lowest BCUT2D eigenvalue weighted by Gasteiger charge is -2.17. The van der Waals surface area contributed by atoms with Crippen LogP contribution in [-0.2, 0) is 9.09 Å². The highest BCUT2D eigenvalue weighted by molar-refractivity contribution is 7.46. The Kier molecular flexibility index (Phi) is 22.2. The Bertz CT molecular complexity index is 507. The fraction of sp³-hybridized carbons (Fsp3) is 1.00. The third-order valence-electron chi connectivity index (χ3n) is 7.98.